The third-order valence-electron chi connectivity index (χ3n) is 4.07. The first kappa shape index (κ1) is 13.9. The summed E-state index contributed by atoms with van der Waals surface area (Å²) in [7, 11) is 1.84. The van der Waals surface area contributed by atoms with Crippen LogP contribution in [0.4, 0.5) is 0 Å². The number of aryl methyl sites for hydroxylation is 3. The van der Waals surface area contributed by atoms with E-state index in [1.807, 2.05) is 26.4 Å². The Hall–Kier alpha value is -2.11. The van der Waals surface area contributed by atoms with Crippen molar-refractivity contribution in [3.63, 3.8) is 0 Å². The van der Waals surface area contributed by atoms with Gasteiger partial charge in [-0.25, -0.2) is 4.98 Å². The molecule has 21 heavy (non-hydrogen) atoms. The Morgan fingerprint density at radius 1 is 1.52 bits per heavy atom. The van der Waals surface area contributed by atoms with E-state index < -0.39 is 0 Å². The Morgan fingerprint density at radius 2 is 2.38 bits per heavy atom. The molecule has 1 atom stereocenters. The fourth-order valence-corrected chi connectivity index (χ4v) is 2.92. The van der Waals surface area contributed by atoms with Gasteiger partial charge in [0.25, 0.3) is 5.91 Å². The zero-order valence-electron chi connectivity index (χ0n) is 12.5. The summed E-state index contributed by atoms with van der Waals surface area (Å²) >= 11 is 0. The number of hydrogen-bond donors (Lipinski definition) is 1. The molecule has 0 saturated carbocycles. The number of hydrogen-bond acceptors (Lipinski definition) is 3. The quantitative estimate of drug-likeness (QED) is 0.918. The van der Waals surface area contributed by atoms with Gasteiger partial charge < -0.3 is 9.88 Å². The van der Waals surface area contributed by atoms with Gasteiger partial charge in [-0.2, -0.15) is 5.10 Å². The Morgan fingerprint density at radius 3 is 3.19 bits per heavy atom. The first-order valence-corrected chi connectivity index (χ1v) is 7.48. The summed E-state index contributed by atoms with van der Waals surface area (Å²) in [4.78, 5) is 16.6. The molecule has 0 aliphatic carbocycles. The summed E-state index contributed by atoms with van der Waals surface area (Å²) in [5, 5.41) is 7.36. The van der Waals surface area contributed by atoms with E-state index >= 15 is 0 Å². The van der Waals surface area contributed by atoms with Crippen molar-refractivity contribution in [1.29, 1.82) is 0 Å². The number of fused-ring (bicyclic) bond motifs is 1. The largest absolute Gasteiger partial charge is 0.352 e. The van der Waals surface area contributed by atoms with Crippen LogP contribution >= 0.6 is 0 Å². The van der Waals surface area contributed by atoms with Crippen molar-refractivity contribution >= 4 is 5.91 Å². The second kappa shape index (κ2) is 5.71. The van der Waals surface area contributed by atoms with Crippen molar-refractivity contribution in [3.8, 4) is 0 Å². The smallest absolute Gasteiger partial charge is 0.254 e. The van der Waals surface area contributed by atoms with Gasteiger partial charge in [0.05, 0.1) is 11.3 Å². The van der Waals surface area contributed by atoms with E-state index in [9.17, 15) is 4.79 Å². The standard InChI is InChI=1S/C15H21N5O/c1-3-13-12(10-19(2)18-13)15(21)17-8-11-4-5-14-16-6-7-20(14)9-11/h6-7,10-11H,3-5,8-9H2,1-2H3,(H,17,21)/t11-/m1/s1. The number of imidazole rings is 1. The number of amides is 1. The maximum absolute atomic E-state index is 12.3. The van der Waals surface area contributed by atoms with Crippen LogP contribution < -0.4 is 5.32 Å². The van der Waals surface area contributed by atoms with Gasteiger partial charge in [0.15, 0.2) is 0 Å². The number of carbonyl (C=O) groups excluding carboxylic acids is 1. The normalized spacial score (nSPS) is 17.5. The van der Waals surface area contributed by atoms with Crippen LogP contribution in [0.25, 0.3) is 0 Å². The van der Waals surface area contributed by atoms with Crippen molar-refractivity contribution < 1.29 is 4.79 Å². The van der Waals surface area contributed by atoms with Gasteiger partial charge in [0.2, 0.25) is 0 Å². The average Bonchev–Trinajstić information content (AvgIpc) is 3.09. The highest BCUT2D eigenvalue weighted by atomic mass is 16.1. The lowest BCUT2D eigenvalue weighted by molar-refractivity contribution is 0.0942. The predicted octanol–water partition coefficient (Wildman–Crippen LogP) is 1.17. The van der Waals surface area contributed by atoms with E-state index in [-0.39, 0.29) is 5.91 Å². The van der Waals surface area contributed by atoms with Gasteiger partial charge in [-0.3, -0.25) is 9.48 Å². The fraction of sp³-hybridized carbons (Fsp3) is 0.533. The van der Waals surface area contributed by atoms with Crippen LogP contribution in [0, 0.1) is 5.92 Å². The molecule has 3 rings (SSSR count). The van der Waals surface area contributed by atoms with Gasteiger partial charge >= 0.3 is 0 Å². The number of aromatic nitrogens is 4. The minimum absolute atomic E-state index is 0.0172. The zero-order chi connectivity index (χ0) is 14.8. The molecule has 1 amide bonds. The van der Waals surface area contributed by atoms with Crippen LogP contribution in [0.2, 0.25) is 0 Å². The van der Waals surface area contributed by atoms with Crippen LogP contribution in [0.5, 0.6) is 0 Å². The summed E-state index contributed by atoms with van der Waals surface area (Å²) in [6.45, 7) is 3.65. The summed E-state index contributed by atoms with van der Waals surface area (Å²) in [6.07, 6.45) is 8.49. The molecule has 0 fully saturated rings. The van der Waals surface area contributed by atoms with E-state index in [0.29, 0.717) is 18.0 Å². The fourth-order valence-electron chi connectivity index (χ4n) is 2.92. The van der Waals surface area contributed by atoms with Crippen molar-refractivity contribution in [1.82, 2.24) is 24.6 Å². The molecule has 0 unspecified atom stereocenters. The maximum Gasteiger partial charge on any atom is 0.254 e. The first-order valence-electron chi connectivity index (χ1n) is 7.48. The molecule has 0 bridgehead atoms. The van der Waals surface area contributed by atoms with E-state index in [0.717, 1.165) is 37.3 Å². The molecule has 6 heteroatoms. The van der Waals surface area contributed by atoms with E-state index in [1.165, 1.54) is 0 Å². The van der Waals surface area contributed by atoms with Gasteiger partial charge in [-0.05, 0) is 18.8 Å². The molecule has 0 spiro atoms. The average molecular weight is 287 g/mol. The number of carbonyl (C=O) groups is 1. The summed E-state index contributed by atoms with van der Waals surface area (Å²) in [5.74, 6) is 1.60. The molecule has 1 N–H and O–H groups in total. The van der Waals surface area contributed by atoms with E-state index in [1.54, 1.807) is 10.9 Å². The highest BCUT2D eigenvalue weighted by molar-refractivity contribution is 5.95. The number of nitrogens with one attached hydrogen (secondary N) is 1. The monoisotopic (exact) mass is 287 g/mol. The van der Waals surface area contributed by atoms with Gasteiger partial charge in [-0.1, -0.05) is 6.92 Å². The Kier molecular flexibility index (Phi) is 3.77. The molecule has 0 saturated heterocycles. The molecule has 0 aromatic carbocycles. The Balaban J connectivity index is 1.59. The van der Waals surface area contributed by atoms with Crippen molar-refractivity contribution in [3.05, 3.63) is 35.7 Å². The van der Waals surface area contributed by atoms with Crippen molar-refractivity contribution in [2.75, 3.05) is 6.54 Å². The third kappa shape index (κ3) is 2.84. The number of rotatable bonds is 4. The van der Waals surface area contributed by atoms with Crippen LogP contribution in [0.15, 0.2) is 18.6 Å². The predicted molar refractivity (Wildman–Crippen MR) is 79.0 cm³/mol. The zero-order valence-corrected chi connectivity index (χ0v) is 12.5. The third-order valence-corrected chi connectivity index (χ3v) is 4.07. The molecular formula is C15H21N5O. The second-order valence-corrected chi connectivity index (χ2v) is 5.63. The summed E-state index contributed by atoms with van der Waals surface area (Å²) < 4.78 is 3.88. The molecule has 2 aromatic heterocycles. The van der Waals surface area contributed by atoms with E-state index in [4.69, 9.17) is 0 Å². The minimum atomic E-state index is -0.0172. The van der Waals surface area contributed by atoms with Crippen LogP contribution in [-0.4, -0.2) is 31.8 Å². The Bertz CT molecular complexity index is 642. The molecule has 6 nitrogen and oxygen atoms in total. The van der Waals surface area contributed by atoms with Crippen LogP contribution in [0.1, 0.15) is 35.2 Å². The summed E-state index contributed by atoms with van der Waals surface area (Å²) in [5.41, 5.74) is 1.55. The molecule has 1 aliphatic heterocycles. The topological polar surface area (TPSA) is 64.7 Å². The van der Waals surface area contributed by atoms with Gasteiger partial charge in [0.1, 0.15) is 5.82 Å². The lowest BCUT2D eigenvalue weighted by Crippen LogP contribution is -2.33. The summed E-state index contributed by atoms with van der Waals surface area (Å²) in [6, 6.07) is 0. The lowest BCUT2D eigenvalue weighted by Gasteiger charge is -2.23. The van der Waals surface area contributed by atoms with E-state index in [2.05, 4.69) is 20.0 Å². The minimum Gasteiger partial charge on any atom is -0.352 e. The van der Waals surface area contributed by atoms with Gasteiger partial charge in [-0.15, -0.1) is 0 Å². The molecule has 3 heterocycles. The molecule has 2 aromatic rings. The highest BCUT2D eigenvalue weighted by Crippen LogP contribution is 2.18. The maximum atomic E-state index is 12.3. The lowest BCUT2D eigenvalue weighted by atomic mass is 9.99. The highest BCUT2D eigenvalue weighted by Gasteiger charge is 2.20. The molecule has 1 aliphatic rings. The molecular weight excluding hydrogens is 266 g/mol. The first-order chi connectivity index (χ1) is 10.2. The van der Waals surface area contributed by atoms with Crippen molar-refractivity contribution in [2.45, 2.75) is 32.7 Å². The Labute approximate surface area is 124 Å². The molecule has 0 radical (unpaired) electrons. The van der Waals surface area contributed by atoms with Crippen LogP contribution in [0.3, 0.4) is 0 Å². The van der Waals surface area contributed by atoms with Crippen LogP contribution in [-0.2, 0) is 26.4 Å². The second-order valence-electron chi connectivity index (χ2n) is 5.63. The molecule has 112 valence electrons. The number of nitrogens with zero attached hydrogens (tertiary/aromatic N) is 4. The van der Waals surface area contributed by atoms with Crippen molar-refractivity contribution in [2.24, 2.45) is 13.0 Å². The van der Waals surface area contributed by atoms with Gasteiger partial charge in [0, 0.05) is 45.1 Å². The SMILES string of the molecule is CCc1nn(C)cc1C(=O)NC[C@H]1CCc2nccn2C1.